The molecule has 0 radical (unpaired) electrons. The van der Waals surface area contributed by atoms with E-state index in [2.05, 4.69) is 25.1 Å². The minimum atomic E-state index is -0.0734. The highest BCUT2D eigenvalue weighted by Gasteiger charge is 2.14. The summed E-state index contributed by atoms with van der Waals surface area (Å²) in [4.78, 5) is 12.5. The van der Waals surface area contributed by atoms with Crippen molar-refractivity contribution in [2.75, 3.05) is 6.54 Å². The second-order valence-corrected chi connectivity index (χ2v) is 5.04. The molecule has 6 nitrogen and oxygen atoms in total. The summed E-state index contributed by atoms with van der Waals surface area (Å²) < 4.78 is 3.81. The number of aromatic amines is 1. The van der Waals surface area contributed by atoms with Crippen molar-refractivity contribution >= 4 is 17.4 Å². The van der Waals surface area contributed by atoms with E-state index in [0.29, 0.717) is 11.4 Å². The van der Waals surface area contributed by atoms with Crippen molar-refractivity contribution in [2.45, 2.75) is 33.1 Å². The fourth-order valence-corrected chi connectivity index (χ4v) is 2.47. The summed E-state index contributed by atoms with van der Waals surface area (Å²) in [7, 11) is 0. The first kappa shape index (κ1) is 13.7. The zero-order valence-electron chi connectivity index (χ0n) is 11.1. The molecule has 19 heavy (non-hydrogen) atoms. The van der Waals surface area contributed by atoms with Gasteiger partial charge in [0, 0.05) is 12.2 Å². The molecule has 0 aliphatic carbocycles. The van der Waals surface area contributed by atoms with Gasteiger partial charge in [-0.15, -0.1) is 5.10 Å². The quantitative estimate of drug-likeness (QED) is 0.785. The Bertz CT molecular complexity index is 548. The van der Waals surface area contributed by atoms with Gasteiger partial charge in [-0.05, 0) is 43.3 Å². The summed E-state index contributed by atoms with van der Waals surface area (Å²) in [5.41, 5.74) is 3.06. The average molecular weight is 279 g/mol. The molecule has 0 unspecified atom stereocenters. The number of aromatic nitrogens is 4. The molecule has 0 aromatic carbocycles. The Balaban J connectivity index is 1.77. The van der Waals surface area contributed by atoms with Gasteiger partial charge >= 0.3 is 0 Å². The molecular weight excluding hydrogens is 262 g/mol. The molecule has 0 fully saturated rings. The topological polar surface area (TPSA) is 83.6 Å². The number of nitrogens with zero attached hydrogens (tertiary/aromatic N) is 3. The van der Waals surface area contributed by atoms with E-state index in [4.69, 9.17) is 0 Å². The lowest BCUT2D eigenvalue weighted by Crippen LogP contribution is -2.24. The van der Waals surface area contributed by atoms with E-state index in [1.807, 2.05) is 20.0 Å². The predicted molar refractivity (Wildman–Crippen MR) is 73.3 cm³/mol. The van der Waals surface area contributed by atoms with Gasteiger partial charge in [-0.3, -0.25) is 9.89 Å². The van der Waals surface area contributed by atoms with Gasteiger partial charge in [0.15, 0.2) is 0 Å². The van der Waals surface area contributed by atoms with Crippen LogP contribution < -0.4 is 5.32 Å². The van der Waals surface area contributed by atoms with E-state index >= 15 is 0 Å². The number of nitrogens with one attached hydrogen (secondary N) is 2. The number of carbonyl (C=O) groups excluding carboxylic acids is 1. The van der Waals surface area contributed by atoms with Crippen molar-refractivity contribution in [1.29, 1.82) is 0 Å². The molecule has 0 aliphatic rings. The Morgan fingerprint density at radius 2 is 2.37 bits per heavy atom. The summed E-state index contributed by atoms with van der Waals surface area (Å²) in [6, 6.07) is 0. The van der Waals surface area contributed by atoms with Crippen LogP contribution in [0.25, 0.3) is 0 Å². The number of hydrogen-bond acceptors (Lipinski definition) is 5. The number of hydrogen-bond donors (Lipinski definition) is 2. The summed E-state index contributed by atoms with van der Waals surface area (Å²) in [6.45, 7) is 4.61. The lowest BCUT2D eigenvalue weighted by Gasteiger charge is -2.03. The second kappa shape index (κ2) is 6.42. The van der Waals surface area contributed by atoms with Crippen LogP contribution in [0.15, 0.2) is 6.20 Å². The third kappa shape index (κ3) is 3.37. The van der Waals surface area contributed by atoms with Crippen LogP contribution in [0, 0.1) is 6.92 Å². The zero-order valence-corrected chi connectivity index (χ0v) is 11.9. The Kier molecular flexibility index (Phi) is 4.62. The van der Waals surface area contributed by atoms with Gasteiger partial charge in [0.1, 0.15) is 4.88 Å². The molecule has 0 spiro atoms. The smallest absolute Gasteiger partial charge is 0.264 e. The Morgan fingerprint density at radius 3 is 3.05 bits per heavy atom. The third-order valence-corrected chi connectivity index (χ3v) is 3.71. The van der Waals surface area contributed by atoms with E-state index in [0.717, 1.165) is 42.2 Å². The molecule has 0 saturated heterocycles. The normalized spacial score (nSPS) is 10.6. The molecule has 0 saturated carbocycles. The molecule has 2 heterocycles. The van der Waals surface area contributed by atoms with Gasteiger partial charge in [-0.2, -0.15) is 5.10 Å². The van der Waals surface area contributed by atoms with Gasteiger partial charge in [0.25, 0.3) is 5.91 Å². The van der Waals surface area contributed by atoms with Crippen LogP contribution in [0.2, 0.25) is 0 Å². The molecule has 102 valence electrons. The molecule has 2 rings (SSSR count). The first-order chi connectivity index (χ1) is 9.22. The van der Waals surface area contributed by atoms with Crippen LogP contribution in [-0.4, -0.2) is 32.2 Å². The Hall–Kier alpha value is -1.76. The third-order valence-electron chi connectivity index (χ3n) is 2.94. The van der Waals surface area contributed by atoms with Crippen LogP contribution in [0.3, 0.4) is 0 Å². The van der Waals surface area contributed by atoms with E-state index in [1.165, 1.54) is 5.56 Å². The van der Waals surface area contributed by atoms with Crippen molar-refractivity contribution in [3.8, 4) is 0 Å². The summed E-state index contributed by atoms with van der Waals surface area (Å²) in [5, 5.41) is 13.7. The highest BCUT2D eigenvalue weighted by Crippen LogP contribution is 2.11. The van der Waals surface area contributed by atoms with Gasteiger partial charge in [0.05, 0.1) is 11.9 Å². The average Bonchev–Trinajstić information content (AvgIpc) is 3.03. The van der Waals surface area contributed by atoms with Crippen molar-refractivity contribution in [2.24, 2.45) is 0 Å². The van der Waals surface area contributed by atoms with Crippen molar-refractivity contribution in [1.82, 2.24) is 25.1 Å². The van der Waals surface area contributed by atoms with E-state index in [-0.39, 0.29) is 5.91 Å². The molecule has 2 N–H and O–H groups in total. The first-order valence-corrected chi connectivity index (χ1v) is 7.08. The van der Waals surface area contributed by atoms with Gasteiger partial charge in [-0.1, -0.05) is 11.4 Å². The molecular formula is C12H17N5OS. The maximum absolute atomic E-state index is 11.9. The fourth-order valence-electron chi connectivity index (χ4n) is 1.80. The standard InChI is InChI=1S/C12H17N5OS/c1-3-10-11(19-17-16-10)12(18)13-6-4-5-9-7-14-15-8(9)2/h7H,3-6H2,1-2H3,(H,13,18)(H,14,15). The summed E-state index contributed by atoms with van der Waals surface area (Å²) >= 11 is 1.15. The first-order valence-electron chi connectivity index (χ1n) is 6.30. The van der Waals surface area contributed by atoms with Crippen LogP contribution in [0.5, 0.6) is 0 Å². The highest BCUT2D eigenvalue weighted by atomic mass is 32.1. The Labute approximate surface area is 115 Å². The van der Waals surface area contributed by atoms with Gasteiger partial charge < -0.3 is 5.32 Å². The zero-order chi connectivity index (χ0) is 13.7. The SMILES string of the molecule is CCc1nnsc1C(=O)NCCCc1cn[nH]c1C. The molecule has 0 aliphatic heterocycles. The fraction of sp³-hybridized carbons (Fsp3) is 0.500. The number of rotatable bonds is 6. The minimum absolute atomic E-state index is 0.0734. The van der Waals surface area contributed by atoms with Crippen molar-refractivity contribution in [3.63, 3.8) is 0 Å². The van der Waals surface area contributed by atoms with Crippen LogP contribution in [0.4, 0.5) is 0 Å². The van der Waals surface area contributed by atoms with Crippen LogP contribution >= 0.6 is 11.5 Å². The molecule has 2 aromatic rings. The van der Waals surface area contributed by atoms with Crippen molar-refractivity contribution < 1.29 is 4.79 Å². The lowest BCUT2D eigenvalue weighted by molar-refractivity contribution is 0.0956. The molecule has 0 bridgehead atoms. The second-order valence-electron chi connectivity index (χ2n) is 4.28. The van der Waals surface area contributed by atoms with Gasteiger partial charge in [-0.25, -0.2) is 0 Å². The Morgan fingerprint density at radius 1 is 1.53 bits per heavy atom. The maximum Gasteiger partial charge on any atom is 0.264 e. The van der Waals surface area contributed by atoms with Crippen LogP contribution in [-0.2, 0) is 12.8 Å². The van der Waals surface area contributed by atoms with Gasteiger partial charge in [0.2, 0.25) is 0 Å². The molecule has 0 atom stereocenters. The molecule has 2 aromatic heterocycles. The lowest BCUT2D eigenvalue weighted by atomic mass is 10.1. The van der Waals surface area contributed by atoms with E-state index in [9.17, 15) is 4.79 Å². The van der Waals surface area contributed by atoms with Crippen molar-refractivity contribution in [3.05, 3.63) is 28.0 Å². The van der Waals surface area contributed by atoms with Crippen LogP contribution in [0.1, 0.15) is 40.0 Å². The largest absolute Gasteiger partial charge is 0.351 e. The maximum atomic E-state index is 11.9. The number of aryl methyl sites for hydroxylation is 3. The molecule has 7 heteroatoms. The number of H-pyrrole nitrogens is 1. The molecule has 1 amide bonds. The predicted octanol–water partition coefficient (Wildman–Crippen LogP) is 1.49. The van der Waals surface area contributed by atoms with E-state index in [1.54, 1.807) is 0 Å². The minimum Gasteiger partial charge on any atom is -0.351 e. The summed E-state index contributed by atoms with van der Waals surface area (Å²) in [5.74, 6) is -0.0734. The van der Waals surface area contributed by atoms with E-state index < -0.39 is 0 Å². The highest BCUT2D eigenvalue weighted by molar-refractivity contribution is 7.08. The number of amides is 1. The monoisotopic (exact) mass is 279 g/mol. The number of carbonyl (C=O) groups is 1. The summed E-state index contributed by atoms with van der Waals surface area (Å²) in [6.07, 6.45) is 4.36.